The number of carbonyl (C=O) groups is 2. The van der Waals surface area contributed by atoms with Crippen molar-refractivity contribution in [1.82, 2.24) is 4.57 Å². The van der Waals surface area contributed by atoms with E-state index in [-0.39, 0.29) is 22.0 Å². The second-order valence-electron chi connectivity index (χ2n) is 6.30. The van der Waals surface area contributed by atoms with Crippen LogP contribution in [-0.2, 0) is 22.3 Å². The van der Waals surface area contributed by atoms with E-state index in [1.807, 2.05) is 5.32 Å². The highest BCUT2D eigenvalue weighted by atomic mass is 35.5. The zero-order valence-electron chi connectivity index (χ0n) is 15.5. The Bertz CT molecular complexity index is 966. The molecule has 164 valence electrons. The van der Waals surface area contributed by atoms with Gasteiger partial charge in [0.15, 0.2) is 6.61 Å². The summed E-state index contributed by atoms with van der Waals surface area (Å²) in [5, 5.41) is 1.77. The number of nitrogens with zero attached hydrogens (tertiary/aromatic N) is 1. The van der Waals surface area contributed by atoms with Crippen LogP contribution in [0.25, 0.3) is 0 Å². The van der Waals surface area contributed by atoms with Gasteiger partial charge in [-0.15, -0.1) is 0 Å². The first-order valence-electron chi connectivity index (χ1n) is 8.26. The molecule has 1 N–H and O–H groups in total. The van der Waals surface area contributed by atoms with Crippen LogP contribution in [0.1, 0.15) is 27.3 Å². The molecule has 2 rings (SSSR count). The number of carbonyl (C=O) groups excluding carboxylic acids is 2. The Labute approximate surface area is 171 Å². The van der Waals surface area contributed by atoms with Crippen molar-refractivity contribution in [2.45, 2.75) is 32.7 Å². The van der Waals surface area contributed by atoms with E-state index in [2.05, 4.69) is 0 Å². The van der Waals surface area contributed by atoms with E-state index < -0.39 is 48.6 Å². The zero-order chi connectivity index (χ0) is 22.9. The van der Waals surface area contributed by atoms with Gasteiger partial charge in [-0.25, -0.2) is 4.79 Å². The summed E-state index contributed by atoms with van der Waals surface area (Å²) in [6.07, 6.45) is -9.30. The summed E-state index contributed by atoms with van der Waals surface area (Å²) in [5.41, 5.74) is -1.83. The molecule has 0 saturated heterocycles. The van der Waals surface area contributed by atoms with Crippen LogP contribution in [0, 0.1) is 13.8 Å². The lowest BCUT2D eigenvalue weighted by molar-refractivity contribution is -0.141. The lowest BCUT2D eigenvalue weighted by Gasteiger charge is -2.14. The number of alkyl halides is 6. The molecule has 2 aromatic rings. The van der Waals surface area contributed by atoms with Gasteiger partial charge in [-0.1, -0.05) is 11.6 Å². The summed E-state index contributed by atoms with van der Waals surface area (Å²) in [7, 11) is 0. The third-order valence-corrected chi connectivity index (χ3v) is 4.26. The molecule has 30 heavy (non-hydrogen) atoms. The normalized spacial score (nSPS) is 12.0. The van der Waals surface area contributed by atoms with Gasteiger partial charge in [-0.2, -0.15) is 26.3 Å². The van der Waals surface area contributed by atoms with Gasteiger partial charge < -0.3 is 14.6 Å². The molecule has 1 heterocycles. The number of anilines is 1. The molecule has 0 radical (unpaired) electrons. The lowest BCUT2D eigenvalue weighted by atomic mass is 10.1. The first-order valence-corrected chi connectivity index (χ1v) is 8.64. The number of aromatic nitrogens is 1. The van der Waals surface area contributed by atoms with Crippen molar-refractivity contribution in [3.63, 3.8) is 0 Å². The van der Waals surface area contributed by atoms with Gasteiger partial charge >= 0.3 is 18.3 Å². The van der Waals surface area contributed by atoms with Crippen LogP contribution in [-0.4, -0.2) is 29.2 Å². The van der Waals surface area contributed by atoms with Crippen molar-refractivity contribution in [3.8, 4) is 0 Å². The van der Waals surface area contributed by atoms with E-state index in [4.69, 9.17) is 16.3 Å². The van der Waals surface area contributed by atoms with Gasteiger partial charge in [0, 0.05) is 16.4 Å². The van der Waals surface area contributed by atoms with Gasteiger partial charge in [0.1, 0.15) is 6.54 Å². The molecular formula is C18H15ClF6N2O3. The standard InChI is InChI=1S/C18H15ClF6N2O3/c1-9-5-12(10(2)27(9)8-17(20,21)22)16(29)30-7-15(28)26-14-4-3-11(19)6-13(14)18(23,24)25/h3-6H,7-8H2,1-2H3,(H,26,28). The van der Waals surface area contributed by atoms with Crippen molar-refractivity contribution in [3.05, 3.63) is 51.8 Å². The van der Waals surface area contributed by atoms with Crippen LogP contribution in [0.5, 0.6) is 0 Å². The fourth-order valence-electron chi connectivity index (χ4n) is 2.69. The topological polar surface area (TPSA) is 60.3 Å². The van der Waals surface area contributed by atoms with E-state index in [0.29, 0.717) is 6.07 Å². The first-order chi connectivity index (χ1) is 13.7. The van der Waals surface area contributed by atoms with Gasteiger partial charge in [0.25, 0.3) is 5.91 Å². The molecule has 12 heteroatoms. The Hall–Kier alpha value is -2.69. The van der Waals surface area contributed by atoms with Gasteiger partial charge in [0.05, 0.1) is 16.8 Å². The number of nitrogens with one attached hydrogen (secondary N) is 1. The zero-order valence-corrected chi connectivity index (χ0v) is 16.3. The molecule has 0 bridgehead atoms. The third-order valence-electron chi connectivity index (χ3n) is 4.03. The highest BCUT2D eigenvalue weighted by molar-refractivity contribution is 6.30. The second kappa shape index (κ2) is 8.58. The minimum atomic E-state index is -4.79. The minimum Gasteiger partial charge on any atom is -0.452 e. The SMILES string of the molecule is Cc1cc(C(=O)OCC(=O)Nc2ccc(Cl)cc2C(F)(F)F)c(C)n1CC(F)(F)F. The average Bonchev–Trinajstić information content (AvgIpc) is 2.87. The Morgan fingerprint density at radius 3 is 2.30 bits per heavy atom. The maximum absolute atomic E-state index is 13.0. The maximum Gasteiger partial charge on any atom is 0.418 e. The number of rotatable bonds is 5. The van der Waals surface area contributed by atoms with E-state index >= 15 is 0 Å². The molecule has 0 fully saturated rings. The summed E-state index contributed by atoms with van der Waals surface area (Å²) in [6, 6.07) is 3.87. The number of amides is 1. The molecule has 0 aliphatic rings. The largest absolute Gasteiger partial charge is 0.452 e. The highest BCUT2D eigenvalue weighted by Gasteiger charge is 2.34. The molecule has 0 atom stereocenters. The van der Waals surface area contributed by atoms with E-state index in [9.17, 15) is 35.9 Å². The minimum absolute atomic E-state index is 0.0210. The van der Waals surface area contributed by atoms with Crippen LogP contribution >= 0.6 is 11.6 Å². The van der Waals surface area contributed by atoms with Crippen molar-refractivity contribution < 1.29 is 40.7 Å². The van der Waals surface area contributed by atoms with Gasteiger partial charge in [-0.3, -0.25) is 4.79 Å². The average molecular weight is 457 g/mol. The number of esters is 1. The smallest absolute Gasteiger partial charge is 0.418 e. The molecule has 0 aliphatic carbocycles. The summed E-state index contributed by atoms with van der Waals surface area (Å²) in [5.74, 6) is -2.15. The van der Waals surface area contributed by atoms with Gasteiger partial charge in [-0.05, 0) is 38.1 Å². The lowest BCUT2D eigenvalue weighted by Crippen LogP contribution is -2.23. The number of hydrogen-bond acceptors (Lipinski definition) is 3. The van der Waals surface area contributed by atoms with Crippen LogP contribution in [0.4, 0.5) is 32.0 Å². The predicted molar refractivity (Wildman–Crippen MR) is 95.3 cm³/mol. The number of benzene rings is 1. The van der Waals surface area contributed by atoms with Gasteiger partial charge in [0.2, 0.25) is 0 Å². The Balaban J connectivity index is 2.08. The quantitative estimate of drug-likeness (QED) is 0.501. The Morgan fingerprint density at radius 1 is 1.10 bits per heavy atom. The molecule has 0 spiro atoms. The summed E-state index contributed by atoms with van der Waals surface area (Å²) in [4.78, 5) is 24.0. The van der Waals surface area contributed by atoms with Crippen LogP contribution in [0.3, 0.4) is 0 Å². The maximum atomic E-state index is 13.0. The second-order valence-corrected chi connectivity index (χ2v) is 6.73. The Kier molecular flexibility index (Phi) is 6.75. The van der Waals surface area contributed by atoms with Crippen molar-refractivity contribution >= 4 is 29.2 Å². The molecule has 1 aromatic carbocycles. The molecule has 5 nitrogen and oxygen atoms in total. The van der Waals surface area contributed by atoms with E-state index in [1.165, 1.54) is 19.9 Å². The third kappa shape index (κ3) is 5.91. The first kappa shape index (κ1) is 23.6. The summed E-state index contributed by atoms with van der Waals surface area (Å²) < 4.78 is 82.6. The molecule has 1 amide bonds. The molecule has 1 aromatic heterocycles. The van der Waals surface area contributed by atoms with E-state index in [1.54, 1.807) is 0 Å². The van der Waals surface area contributed by atoms with Crippen molar-refractivity contribution in [2.24, 2.45) is 0 Å². The number of aryl methyl sites for hydroxylation is 1. The predicted octanol–water partition coefficient (Wildman–Crippen LogP) is 5.13. The molecular weight excluding hydrogens is 442 g/mol. The van der Waals surface area contributed by atoms with Crippen LogP contribution < -0.4 is 5.32 Å². The molecule has 0 saturated carbocycles. The number of hydrogen-bond donors (Lipinski definition) is 1. The number of halogens is 7. The highest BCUT2D eigenvalue weighted by Crippen LogP contribution is 2.36. The Morgan fingerprint density at radius 2 is 1.73 bits per heavy atom. The van der Waals surface area contributed by atoms with E-state index in [0.717, 1.165) is 16.7 Å². The van der Waals surface area contributed by atoms with Crippen molar-refractivity contribution in [2.75, 3.05) is 11.9 Å². The fraction of sp³-hybridized carbons (Fsp3) is 0.333. The molecule has 0 aliphatic heterocycles. The monoisotopic (exact) mass is 456 g/mol. The van der Waals surface area contributed by atoms with Crippen molar-refractivity contribution in [1.29, 1.82) is 0 Å². The number of ether oxygens (including phenoxy) is 1. The fourth-order valence-corrected chi connectivity index (χ4v) is 2.86. The summed E-state index contributed by atoms with van der Waals surface area (Å²) in [6.45, 7) is 0.386. The summed E-state index contributed by atoms with van der Waals surface area (Å²) >= 11 is 5.55. The molecule has 0 unspecified atom stereocenters. The van der Waals surface area contributed by atoms with Crippen LogP contribution in [0.15, 0.2) is 24.3 Å². The van der Waals surface area contributed by atoms with Crippen LogP contribution in [0.2, 0.25) is 5.02 Å².